The second kappa shape index (κ2) is 8.67. The molecular weight excluding hydrogens is 426 g/mol. The van der Waals surface area contributed by atoms with E-state index >= 15 is 0 Å². The van der Waals surface area contributed by atoms with Gasteiger partial charge in [-0.25, -0.2) is 0 Å². The van der Waals surface area contributed by atoms with Crippen molar-refractivity contribution in [1.82, 2.24) is 4.90 Å². The molecule has 4 rings (SSSR count). The van der Waals surface area contributed by atoms with Crippen LogP contribution >= 0.6 is 11.3 Å². The van der Waals surface area contributed by atoms with Gasteiger partial charge in [-0.1, -0.05) is 0 Å². The zero-order valence-corrected chi connectivity index (χ0v) is 19.2. The molecule has 1 aliphatic rings. The van der Waals surface area contributed by atoms with Crippen LogP contribution < -0.4 is 4.74 Å². The first-order valence-electron chi connectivity index (χ1n) is 10.4. The Balaban J connectivity index is 1.82. The summed E-state index contributed by atoms with van der Waals surface area (Å²) in [5.74, 6) is -0.274. The van der Waals surface area contributed by atoms with Crippen molar-refractivity contribution in [3.63, 3.8) is 0 Å². The fourth-order valence-corrected chi connectivity index (χ4v) is 4.94. The molecule has 3 aromatic rings. The highest BCUT2D eigenvalue weighted by Crippen LogP contribution is 2.43. The number of carbonyl (C=O) groups is 2. The second-order valence-corrected chi connectivity index (χ2v) is 9.07. The molecule has 1 amide bonds. The van der Waals surface area contributed by atoms with Crippen LogP contribution in [-0.2, 0) is 16.1 Å². The van der Waals surface area contributed by atoms with E-state index in [1.807, 2.05) is 39.1 Å². The fraction of sp³-hybridized carbons (Fsp3) is 0.280. The predicted molar refractivity (Wildman–Crippen MR) is 123 cm³/mol. The van der Waals surface area contributed by atoms with E-state index in [-0.39, 0.29) is 24.0 Å². The Morgan fingerprint density at radius 2 is 1.97 bits per heavy atom. The van der Waals surface area contributed by atoms with Crippen molar-refractivity contribution >= 4 is 28.8 Å². The maximum absolute atomic E-state index is 13.1. The third-order valence-corrected chi connectivity index (χ3v) is 6.48. The van der Waals surface area contributed by atoms with E-state index < -0.39 is 17.7 Å². The Kier molecular flexibility index (Phi) is 5.93. The number of ether oxygens (including phenoxy) is 1. The molecule has 0 spiro atoms. The molecule has 32 heavy (non-hydrogen) atoms. The van der Waals surface area contributed by atoms with Crippen LogP contribution in [0.1, 0.15) is 47.2 Å². The van der Waals surface area contributed by atoms with Crippen LogP contribution in [0.5, 0.6) is 5.75 Å². The van der Waals surface area contributed by atoms with E-state index in [0.29, 0.717) is 17.1 Å². The third kappa shape index (κ3) is 3.96. The van der Waals surface area contributed by atoms with Crippen molar-refractivity contribution in [3.8, 4) is 5.75 Å². The van der Waals surface area contributed by atoms with Crippen molar-refractivity contribution < 1.29 is 23.8 Å². The van der Waals surface area contributed by atoms with Gasteiger partial charge in [0.2, 0.25) is 0 Å². The number of aliphatic hydroxyl groups is 1. The minimum absolute atomic E-state index is 0.0156. The number of rotatable bonds is 6. The molecule has 1 atom stereocenters. The molecule has 1 N–H and O–H groups in total. The Morgan fingerprint density at radius 1 is 1.19 bits per heavy atom. The van der Waals surface area contributed by atoms with Crippen LogP contribution in [0.2, 0.25) is 0 Å². The molecule has 1 unspecified atom stereocenters. The van der Waals surface area contributed by atoms with Crippen LogP contribution in [0, 0.1) is 13.8 Å². The lowest BCUT2D eigenvalue weighted by atomic mass is 9.97. The summed E-state index contributed by atoms with van der Waals surface area (Å²) in [6.07, 6.45) is 1.54. The molecule has 6 nitrogen and oxygen atoms in total. The molecule has 0 aliphatic carbocycles. The lowest BCUT2D eigenvalue weighted by Gasteiger charge is -2.24. The molecule has 0 bridgehead atoms. The van der Waals surface area contributed by atoms with Gasteiger partial charge in [-0.05, 0) is 80.6 Å². The van der Waals surface area contributed by atoms with E-state index in [0.717, 1.165) is 16.0 Å². The Bertz CT molecular complexity index is 1190. The standard InChI is InChI=1S/C25H25NO5S/c1-14(2)31-19-8-7-17(12-16(19)4)22(27)20-21(24-15(3)9-11-32-24)26(25(29)23(20)28)13-18-6-5-10-30-18/h5-12,14,21,27H,13H2,1-4H3/b22-20-. The minimum Gasteiger partial charge on any atom is -0.507 e. The number of hydrogen-bond acceptors (Lipinski definition) is 6. The average Bonchev–Trinajstić information content (AvgIpc) is 3.46. The van der Waals surface area contributed by atoms with Crippen molar-refractivity contribution in [2.45, 2.75) is 46.4 Å². The average molecular weight is 452 g/mol. The summed E-state index contributed by atoms with van der Waals surface area (Å²) in [5, 5.41) is 13.1. The quantitative estimate of drug-likeness (QED) is 0.310. The Labute approximate surface area is 190 Å². The zero-order valence-electron chi connectivity index (χ0n) is 18.4. The molecule has 3 heterocycles. The Hall–Kier alpha value is -3.32. The molecular formula is C25H25NO5S. The second-order valence-electron chi connectivity index (χ2n) is 8.12. The number of amides is 1. The van der Waals surface area contributed by atoms with Crippen molar-refractivity contribution in [3.05, 3.63) is 80.9 Å². The molecule has 1 aliphatic heterocycles. The zero-order chi connectivity index (χ0) is 23.0. The summed E-state index contributed by atoms with van der Waals surface area (Å²) >= 11 is 1.45. The first kappa shape index (κ1) is 21.9. The summed E-state index contributed by atoms with van der Waals surface area (Å²) in [5.41, 5.74) is 2.34. The van der Waals surface area contributed by atoms with Crippen molar-refractivity contribution in [2.75, 3.05) is 0 Å². The number of carbonyl (C=O) groups excluding carboxylic acids is 2. The number of ketones is 1. The van der Waals surface area contributed by atoms with E-state index in [9.17, 15) is 14.7 Å². The molecule has 0 radical (unpaired) electrons. The summed E-state index contributed by atoms with van der Waals surface area (Å²) < 4.78 is 11.2. The van der Waals surface area contributed by atoms with Gasteiger partial charge in [0.05, 0.1) is 24.5 Å². The minimum atomic E-state index is -0.702. The summed E-state index contributed by atoms with van der Waals surface area (Å²) in [6.45, 7) is 7.83. The summed E-state index contributed by atoms with van der Waals surface area (Å²) in [4.78, 5) is 28.4. The van der Waals surface area contributed by atoms with Crippen LogP contribution in [0.25, 0.3) is 5.76 Å². The highest BCUT2D eigenvalue weighted by molar-refractivity contribution is 7.10. The molecule has 1 fully saturated rings. The molecule has 0 saturated carbocycles. The molecule has 2 aromatic heterocycles. The lowest BCUT2D eigenvalue weighted by Crippen LogP contribution is -2.28. The maximum Gasteiger partial charge on any atom is 0.296 e. The number of furan rings is 1. The van der Waals surface area contributed by atoms with Crippen molar-refractivity contribution in [2.24, 2.45) is 0 Å². The highest BCUT2D eigenvalue weighted by atomic mass is 32.1. The fourth-order valence-electron chi connectivity index (χ4n) is 3.89. The van der Waals surface area contributed by atoms with Gasteiger partial charge in [-0.3, -0.25) is 9.59 Å². The number of likely N-dealkylation sites (tertiary alicyclic amines) is 1. The number of Topliss-reactive ketones (excluding diaryl/α,β-unsaturated/α-hetero) is 1. The van der Waals surface area contributed by atoms with E-state index in [1.165, 1.54) is 22.5 Å². The van der Waals surface area contributed by atoms with Crippen molar-refractivity contribution in [1.29, 1.82) is 0 Å². The largest absolute Gasteiger partial charge is 0.507 e. The van der Waals surface area contributed by atoms with Crippen LogP contribution in [0.4, 0.5) is 0 Å². The van der Waals surface area contributed by atoms with Crippen LogP contribution in [0.15, 0.2) is 58.0 Å². The normalized spacial score (nSPS) is 18.0. The number of aryl methyl sites for hydroxylation is 2. The molecule has 1 aromatic carbocycles. The van der Waals surface area contributed by atoms with Gasteiger partial charge >= 0.3 is 0 Å². The number of hydrogen-bond donors (Lipinski definition) is 1. The number of nitrogens with zero attached hydrogens (tertiary/aromatic N) is 1. The first-order chi connectivity index (χ1) is 15.3. The first-order valence-corrected chi connectivity index (χ1v) is 11.3. The topological polar surface area (TPSA) is 80.0 Å². The monoisotopic (exact) mass is 451 g/mol. The Morgan fingerprint density at radius 3 is 2.56 bits per heavy atom. The van der Waals surface area contributed by atoms with Gasteiger partial charge in [0.15, 0.2) is 0 Å². The summed E-state index contributed by atoms with van der Waals surface area (Å²) in [6, 6.07) is 10.00. The number of benzene rings is 1. The van der Waals surface area contributed by atoms with Crippen LogP contribution in [-0.4, -0.2) is 27.8 Å². The number of aliphatic hydroxyl groups excluding tert-OH is 1. The van der Waals surface area contributed by atoms with Gasteiger partial charge in [0.1, 0.15) is 23.3 Å². The van der Waals surface area contributed by atoms with E-state index in [2.05, 4.69) is 0 Å². The highest BCUT2D eigenvalue weighted by Gasteiger charge is 2.47. The summed E-state index contributed by atoms with van der Waals surface area (Å²) in [7, 11) is 0. The van der Waals surface area contributed by atoms with Gasteiger partial charge in [-0.15, -0.1) is 11.3 Å². The van der Waals surface area contributed by atoms with Gasteiger partial charge in [-0.2, -0.15) is 0 Å². The van der Waals surface area contributed by atoms with Gasteiger partial charge in [0, 0.05) is 10.4 Å². The lowest BCUT2D eigenvalue weighted by molar-refractivity contribution is -0.140. The SMILES string of the molecule is Cc1cc(/C(O)=C2/C(=O)C(=O)N(Cc3ccco3)C2c2sccc2C)ccc1OC(C)C. The van der Waals surface area contributed by atoms with E-state index in [4.69, 9.17) is 9.15 Å². The maximum atomic E-state index is 13.1. The van der Waals surface area contributed by atoms with Gasteiger partial charge in [0.25, 0.3) is 11.7 Å². The van der Waals surface area contributed by atoms with Gasteiger partial charge < -0.3 is 19.2 Å². The van der Waals surface area contributed by atoms with Crippen LogP contribution in [0.3, 0.4) is 0 Å². The smallest absolute Gasteiger partial charge is 0.296 e. The van der Waals surface area contributed by atoms with E-state index in [1.54, 1.807) is 30.3 Å². The molecule has 7 heteroatoms. The number of thiophene rings is 1. The predicted octanol–water partition coefficient (Wildman–Crippen LogP) is 5.37. The molecule has 166 valence electrons. The third-order valence-electron chi connectivity index (χ3n) is 5.41. The molecule has 1 saturated heterocycles.